The molecule has 1 saturated carbocycles. The number of fused-ring (bicyclic) bond motifs is 1. The van der Waals surface area contributed by atoms with Gasteiger partial charge in [0.15, 0.2) is 0 Å². The maximum Gasteiger partial charge on any atom is 0.410 e. The minimum Gasteiger partial charge on any atom is -0.464 e. The molecule has 0 radical (unpaired) electrons. The van der Waals surface area contributed by atoms with Gasteiger partial charge in [-0.15, -0.1) is 0 Å². The number of likely N-dealkylation sites (tertiary alicyclic amines) is 1. The first-order valence-electron chi connectivity index (χ1n) is 12.5. The van der Waals surface area contributed by atoms with E-state index in [0.717, 1.165) is 22.3 Å². The monoisotopic (exact) mass is 485 g/mol. The smallest absolute Gasteiger partial charge is 0.410 e. The van der Waals surface area contributed by atoms with Crippen molar-refractivity contribution in [1.82, 2.24) is 4.90 Å². The quantitative estimate of drug-likeness (QED) is 0.489. The standard InChI is InChI=1S/C30H31NO5/c1-2-35-28(32)27-25-17-18-30(34,24-15-13-23(14-16-24)22-11-7-4-8-12-22)26(25)19-31(27)29(33)36-20-21-9-5-3-6-10-21/h3-16,25-27,34H,2,17-20H2,1H3/t25-,26-,27-,30?/m0/s1. The summed E-state index contributed by atoms with van der Waals surface area (Å²) in [7, 11) is 0. The number of amides is 1. The predicted molar refractivity (Wildman–Crippen MR) is 136 cm³/mol. The summed E-state index contributed by atoms with van der Waals surface area (Å²) in [4.78, 5) is 27.6. The van der Waals surface area contributed by atoms with Crippen LogP contribution in [0.25, 0.3) is 11.1 Å². The van der Waals surface area contributed by atoms with Crippen molar-refractivity contribution in [3.63, 3.8) is 0 Å². The zero-order chi connectivity index (χ0) is 25.1. The van der Waals surface area contributed by atoms with Gasteiger partial charge in [0.1, 0.15) is 12.6 Å². The van der Waals surface area contributed by atoms with Crippen LogP contribution >= 0.6 is 0 Å². The molecule has 3 aromatic rings. The Labute approximate surface area is 211 Å². The van der Waals surface area contributed by atoms with Gasteiger partial charge >= 0.3 is 12.1 Å². The van der Waals surface area contributed by atoms with E-state index in [4.69, 9.17) is 9.47 Å². The number of nitrogens with zero attached hydrogens (tertiary/aromatic N) is 1. The van der Waals surface area contributed by atoms with Crippen molar-refractivity contribution >= 4 is 12.1 Å². The SMILES string of the molecule is CCOC(=O)[C@@H]1[C@H]2CCC(O)(c3ccc(-c4ccccc4)cc3)[C@H]2CN1C(=O)OCc1ccccc1. The molecular formula is C30H31NO5. The Morgan fingerprint density at radius 1 is 0.917 bits per heavy atom. The van der Waals surface area contributed by atoms with Gasteiger partial charge < -0.3 is 14.6 Å². The number of hydrogen-bond donors (Lipinski definition) is 1. The van der Waals surface area contributed by atoms with E-state index in [1.54, 1.807) is 6.92 Å². The zero-order valence-corrected chi connectivity index (χ0v) is 20.4. The predicted octanol–water partition coefficient (Wildman–Crippen LogP) is 5.15. The van der Waals surface area contributed by atoms with Crippen LogP contribution in [-0.2, 0) is 26.5 Å². The van der Waals surface area contributed by atoms with E-state index >= 15 is 0 Å². The number of hydrogen-bond acceptors (Lipinski definition) is 5. The molecule has 186 valence electrons. The van der Waals surface area contributed by atoms with Crippen molar-refractivity contribution in [1.29, 1.82) is 0 Å². The number of benzene rings is 3. The van der Waals surface area contributed by atoms with Crippen LogP contribution in [0, 0.1) is 11.8 Å². The lowest BCUT2D eigenvalue weighted by Crippen LogP contribution is -2.44. The van der Waals surface area contributed by atoms with Crippen LogP contribution in [0.5, 0.6) is 0 Å². The molecule has 1 amide bonds. The van der Waals surface area contributed by atoms with E-state index in [2.05, 4.69) is 12.1 Å². The fraction of sp³-hybridized carbons (Fsp3) is 0.333. The van der Waals surface area contributed by atoms with E-state index in [1.165, 1.54) is 4.90 Å². The number of ether oxygens (including phenoxy) is 2. The molecule has 1 N–H and O–H groups in total. The van der Waals surface area contributed by atoms with Crippen LogP contribution in [0.1, 0.15) is 30.9 Å². The molecule has 2 aliphatic rings. The average Bonchev–Trinajstić information content (AvgIpc) is 3.47. The molecule has 0 spiro atoms. The molecule has 5 rings (SSSR count). The van der Waals surface area contributed by atoms with Gasteiger partial charge in [-0.3, -0.25) is 4.90 Å². The Morgan fingerprint density at radius 2 is 1.56 bits per heavy atom. The van der Waals surface area contributed by atoms with E-state index in [-0.39, 0.29) is 31.6 Å². The van der Waals surface area contributed by atoms with E-state index < -0.39 is 23.7 Å². The summed E-state index contributed by atoms with van der Waals surface area (Å²) in [5.41, 5.74) is 2.71. The number of carbonyl (C=O) groups excluding carboxylic acids is 2. The van der Waals surface area contributed by atoms with Crippen molar-refractivity contribution < 1.29 is 24.2 Å². The molecule has 2 fully saturated rings. The van der Waals surface area contributed by atoms with E-state index in [0.29, 0.717) is 12.8 Å². The second kappa shape index (κ2) is 10.2. The third-order valence-corrected chi connectivity index (χ3v) is 7.58. The van der Waals surface area contributed by atoms with Crippen molar-refractivity contribution in [2.24, 2.45) is 11.8 Å². The Balaban J connectivity index is 1.38. The Hall–Kier alpha value is -3.64. The zero-order valence-electron chi connectivity index (χ0n) is 20.4. The van der Waals surface area contributed by atoms with Crippen molar-refractivity contribution in [2.75, 3.05) is 13.2 Å². The molecule has 1 heterocycles. The third kappa shape index (κ3) is 4.49. The summed E-state index contributed by atoms with van der Waals surface area (Å²) >= 11 is 0. The molecule has 3 aromatic carbocycles. The highest BCUT2D eigenvalue weighted by Crippen LogP contribution is 2.53. The van der Waals surface area contributed by atoms with Crippen molar-refractivity contribution in [3.8, 4) is 11.1 Å². The highest BCUT2D eigenvalue weighted by atomic mass is 16.6. The molecule has 0 aromatic heterocycles. The van der Waals surface area contributed by atoms with Crippen molar-refractivity contribution in [2.45, 2.75) is 38.0 Å². The minimum absolute atomic E-state index is 0.117. The van der Waals surface area contributed by atoms with Crippen LogP contribution in [0.15, 0.2) is 84.9 Å². The molecule has 1 saturated heterocycles. The van der Waals surface area contributed by atoms with Gasteiger partial charge in [-0.05, 0) is 47.9 Å². The van der Waals surface area contributed by atoms with Crippen LogP contribution in [0.2, 0.25) is 0 Å². The van der Waals surface area contributed by atoms with Gasteiger partial charge in [-0.25, -0.2) is 9.59 Å². The Morgan fingerprint density at radius 3 is 2.22 bits per heavy atom. The van der Waals surface area contributed by atoms with Gasteiger partial charge in [-0.1, -0.05) is 84.9 Å². The molecule has 1 aliphatic carbocycles. The molecule has 4 atom stereocenters. The second-order valence-electron chi connectivity index (χ2n) is 9.57. The average molecular weight is 486 g/mol. The maximum absolute atomic E-state index is 13.1. The number of aliphatic hydroxyl groups is 1. The number of esters is 1. The van der Waals surface area contributed by atoms with Gasteiger partial charge in [0.2, 0.25) is 0 Å². The number of rotatable bonds is 6. The summed E-state index contributed by atoms with van der Waals surface area (Å²) in [5.74, 6) is -0.934. The minimum atomic E-state index is -1.14. The van der Waals surface area contributed by atoms with Crippen molar-refractivity contribution in [3.05, 3.63) is 96.1 Å². The lowest BCUT2D eigenvalue weighted by Gasteiger charge is -2.30. The summed E-state index contributed by atoms with van der Waals surface area (Å²) in [6.07, 6.45) is 0.580. The van der Waals surface area contributed by atoms with Crippen LogP contribution in [0.4, 0.5) is 4.79 Å². The van der Waals surface area contributed by atoms with Crippen LogP contribution in [0.3, 0.4) is 0 Å². The van der Waals surface area contributed by atoms with Gasteiger partial charge in [0.05, 0.1) is 12.2 Å². The molecule has 0 bridgehead atoms. The van der Waals surface area contributed by atoms with Crippen LogP contribution in [-0.4, -0.2) is 41.3 Å². The largest absolute Gasteiger partial charge is 0.464 e. The Kier molecular flexibility index (Phi) is 6.79. The first kappa shape index (κ1) is 24.1. The molecule has 1 aliphatic heterocycles. The first-order valence-corrected chi connectivity index (χ1v) is 12.5. The topological polar surface area (TPSA) is 76.1 Å². The van der Waals surface area contributed by atoms with E-state index in [9.17, 15) is 14.7 Å². The molecule has 6 heteroatoms. The molecular weight excluding hydrogens is 454 g/mol. The second-order valence-corrected chi connectivity index (χ2v) is 9.57. The van der Waals surface area contributed by atoms with Crippen LogP contribution < -0.4 is 0 Å². The molecule has 6 nitrogen and oxygen atoms in total. The Bertz CT molecular complexity index is 1200. The molecule has 36 heavy (non-hydrogen) atoms. The maximum atomic E-state index is 13.1. The summed E-state index contributed by atoms with van der Waals surface area (Å²) in [5, 5.41) is 11.9. The van der Waals surface area contributed by atoms with Gasteiger partial charge in [0, 0.05) is 12.5 Å². The van der Waals surface area contributed by atoms with Gasteiger partial charge in [-0.2, -0.15) is 0 Å². The highest BCUT2D eigenvalue weighted by Gasteiger charge is 2.60. The molecule has 1 unspecified atom stereocenters. The van der Waals surface area contributed by atoms with E-state index in [1.807, 2.05) is 72.8 Å². The third-order valence-electron chi connectivity index (χ3n) is 7.58. The summed E-state index contributed by atoms with van der Waals surface area (Å²) in [6.45, 7) is 2.33. The fourth-order valence-corrected chi connectivity index (χ4v) is 5.81. The fourth-order valence-electron chi connectivity index (χ4n) is 5.81. The highest BCUT2D eigenvalue weighted by molar-refractivity contribution is 5.83. The van der Waals surface area contributed by atoms with Gasteiger partial charge in [0.25, 0.3) is 0 Å². The lowest BCUT2D eigenvalue weighted by atomic mass is 9.81. The number of carbonyl (C=O) groups is 2. The lowest BCUT2D eigenvalue weighted by molar-refractivity contribution is -0.149. The normalized spacial score (nSPS) is 24.8. The summed E-state index contributed by atoms with van der Waals surface area (Å²) < 4.78 is 10.9. The summed E-state index contributed by atoms with van der Waals surface area (Å²) in [6, 6.07) is 26.7. The first-order chi connectivity index (χ1) is 17.5.